The summed E-state index contributed by atoms with van der Waals surface area (Å²) in [6.07, 6.45) is 3.98. The molecule has 0 radical (unpaired) electrons. The monoisotopic (exact) mass is 448 g/mol. The van der Waals surface area contributed by atoms with Crippen molar-refractivity contribution in [3.05, 3.63) is 62.3 Å². The van der Waals surface area contributed by atoms with Crippen molar-refractivity contribution in [2.75, 3.05) is 13.1 Å². The van der Waals surface area contributed by atoms with E-state index in [1.54, 1.807) is 17.4 Å². The van der Waals surface area contributed by atoms with Gasteiger partial charge in [-0.1, -0.05) is 24.3 Å². The Morgan fingerprint density at radius 3 is 2.48 bits per heavy atom. The van der Waals surface area contributed by atoms with Crippen LogP contribution < -0.4 is 5.32 Å². The molecule has 2 unspecified atom stereocenters. The quantitative estimate of drug-likeness (QED) is 0.663. The van der Waals surface area contributed by atoms with Crippen molar-refractivity contribution >= 4 is 39.2 Å². The molecule has 6 heteroatoms. The maximum atomic E-state index is 12.0. The molecule has 1 aliphatic rings. The van der Waals surface area contributed by atoms with E-state index in [1.165, 1.54) is 5.56 Å². The van der Waals surface area contributed by atoms with Gasteiger partial charge in [-0.25, -0.2) is 0 Å². The molecule has 2 aromatic rings. The SMILES string of the molecule is CC1CN(Cc2ccc(CNC(=O)/C=C/c3ccc(Br)s3)cc2)CC(C)O1. The Hall–Kier alpha value is -1.47. The molecule has 0 saturated carbocycles. The molecule has 4 nitrogen and oxygen atoms in total. The van der Waals surface area contributed by atoms with Gasteiger partial charge in [0.1, 0.15) is 0 Å². The minimum absolute atomic E-state index is 0.0834. The number of rotatable bonds is 6. The second kappa shape index (κ2) is 9.64. The highest BCUT2D eigenvalue weighted by atomic mass is 79.9. The van der Waals surface area contributed by atoms with Crippen LogP contribution in [0.15, 0.2) is 46.3 Å². The van der Waals surface area contributed by atoms with Crippen molar-refractivity contribution in [2.24, 2.45) is 0 Å². The lowest BCUT2D eigenvalue weighted by Crippen LogP contribution is -2.44. The van der Waals surface area contributed by atoms with Crippen LogP contribution in [0.2, 0.25) is 0 Å². The Morgan fingerprint density at radius 2 is 1.85 bits per heavy atom. The summed E-state index contributed by atoms with van der Waals surface area (Å²) in [6.45, 7) is 7.65. The third-order valence-corrected chi connectivity index (χ3v) is 5.97. The van der Waals surface area contributed by atoms with E-state index in [4.69, 9.17) is 4.74 Å². The predicted octanol–water partition coefficient (Wildman–Crippen LogP) is 4.45. The van der Waals surface area contributed by atoms with Crippen molar-refractivity contribution in [3.8, 4) is 0 Å². The zero-order chi connectivity index (χ0) is 19.2. The average Bonchev–Trinajstić information content (AvgIpc) is 3.04. The van der Waals surface area contributed by atoms with Gasteiger partial charge in [0, 0.05) is 37.1 Å². The van der Waals surface area contributed by atoms with Crippen LogP contribution in [0.3, 0.4) is 0 Å². The van der Waals surface area contributed by atoms with Crippen molar-refractivity contribution in [3.63, 3.8) is 0 Å². The smallest absolute Gasteiger partial charge is 0.244 e. The van der Waals surface area contributed by atoms with E-state index in [-0.39, 0.29) is 18.1 Å². The zero-order valence-corrected chi connectivity index (χ0v) is 18.1. The lowest BCUT2D eigenvalue weighted by Gasteiger charge is -2.35. The van der Waals surface area contributed by atoms with Gasteiger partial charge in [0.25, 0.3) is 0 Å². The number of ether oxygens (including phenoxy) is 1. The third-order valence-electron chi connectivity index (χ3n) is 4.38. The second-order valence-corrected chi connectivity index (χ2v) is 9.46. The molecule has 1 N–H and O–H groups in total. The first-order valence-corrected chi connectivity index (χ1v) is 10.8. The van der Waals surface area contributed by atoms with Gasteiger partial charge in [-0.2, -0.15) is 0 Å². The normalized spacial score (nSPS) is 20.9. The third kappa shape index (κ3) is 6.57. The van der Waals surface area contributed by atoms with Crippen LogP contribution >= 0.6 is 27.3 Å². The molecule has 3 rings (SSSR count). The summed E-state index contributed by atoms with van der Waals surface area (Å²) >= 11 is 5.02. The number of hydrogen-bond acceptors (Lipinski definition) is 4. The molecular weight excluding hydrogens is 424 g/mol. The maximum Gasteiger partial charge on any atom is 0.244 e. The van der Waals surface area contributed by atoms with Crippen LogP contribution in [0, 0.1) is 0 Å². The Balaban J connectivity index is 1.46. The molecule has 1 fully saturated rings. The number of benzene rings is 1. The number of nitrogens with zero attached hydrogens (tertiary/aromatic N) is 1. The molecule has 1 amide bonds. The lowest BCUT2D eigenvalue weighted by atomic mass is 10.1. The van der Waals surface area contributed by atoms with Crippen LogP contribution in [-0.2, 0) is 22.6 Å². The van der Waals surface area contributed by atoms with Gasteiger partial charge < -0.3 is 10.1 Å². The first-order valence-electron chi connectivity index (χ1n) is 9.15. The van der Waals surface area contributed by atoms with Crippen molar-refractivity contribution in [2.45, 2.75) is 39.1 Å². The molecular formula is C21H25BrN2O2S. The van der Waals surface area contributed by atoms with E-state index in [0.29, 0.717) is 6.54 Å². The molecule has 27 heavy (non-hydrogen) atoms. The topological polar surface area (TPSA) is 41.6 Å². The van der Waals surface area contributed by atoms with E-state index in [0.717, 1.165) is 33.9 Å². The van der Waals surface area contributed by atoms with Gasteiger partial charge in [0.05, 0.1) is 16.0 Å². The first-order chi connectivity index (χ1) is 13.0. The lowest BCUT2D eigenvalue weighted by molar-refractivity contribution is -0.116. The Labute approximate surface area is 173 Å². The van der Waals surface area contributed by atoms with Gasteiger partial charge in [0.15, 0.2) is 0 Å². The number of hydrogen-bond donors (Lipinski definition) is 1. The number of carbonyl (C=O) groups is 1. The fourth-order valence-corrected chi connectivity index (χ4v) is 4.58. The number of halogens is 1. The van der Waals surface area contributed by atoms with Crippen molar-refractivity contribution in [1.82, 2.24) is 10.2 Å². The molecule has 2 heterocycles. The molecule has 2 atom stereocenters. The highest BCUT2D eigenvalue weighted by Crippen LogP contribution is 2.22. The Bertz CT molecular complexity index is 778. The Kier molecular flexibility index (Phi) is 7.24. The van der Waals surface area contributed by atoms with E-state index >= 15 is 0 Å². The highest BCUT2D eigenvalue weighted by Gasteiger charge is 2.21. The fourth-order valence-electron chi connectivity index (χ4n) is 3.26. The summed E-state index contributed by atoms with van der Waals surface area (Å²) in [5.41, 5.74) is 2.39. The van der Waals surface area contributed by atoms with Gasteiger partial charge in [0.2, 0.25) is 5.91 Å². The zero-order valence-electron chi connectivity index (χ0n) is 15.7. The van der Waals surface area contributed by atoms with Crippen molar-refractivity contribution < 1.29 is 9.53 Å². The largest absolute Gasteiger partial charge is 0.373 e. The van der Waals surface area contributed by atoms with E-state index in [2.05, 4.69) is 64.3 Å². The highest BCUT2D eigenvalue weighted by molar-refractivity contribution is 9.11. The van der Waals surface area contributed by atoms with Crippen LogP contribution in [-0.4, -0.2) is 36.1 Å². The van der Waals surface area contributed by atoms with Gasteiger partial charge in [-0.15, -0.1) is 11.3 Å². The Morgan fingerprint density at radius 1 is 1.19 bits per heavy atom. The van der Waals surface area contributed by atoms with E-state index in [9.17, 15) is 4.79 Å². The molecule has 1 aromatic carbocycles. The van der Waals surface area contributed by atoms with Gasteiger partial charge in [-0.3, -0.25) is 9.69 Å². The van der Waals surface area contributed by atoms with Crippen LogP contribution in [0.25, 0.3) is 6.08 Å². The standard InChI is InChI=1S/C21H25BrN2O2S/c1-15-12-24(13-16(2)26-15)14-18-5-3-17(4-6-18)11-23-21(25)10-8-19-7-9-20(22)27-19/h3-10,15-16H,11-14H2,1-2H3,(H,23,25)/b10-8+. The second-order valence-electron chi connectivity index (χ2n) is 6.96. The molecule has 0 spiro atoms. The molecule has 144 valence electrons. The molecule has 1 aliphatic heterocycles. The number of amides is 1. The summed E-state index contributed by atoms with van der Waals surface area (Å²) < 4.78 is 6.85. The number of morpholine rings is 1. The average molecular weight is 449 g/mol. The maximum absolute atomic E-state index is 12.0. The number of thiophene rings is 1. The molecule has 1 saturated heterocycles. The van der Waals surface area contributed by atoms with Crippen LogP contribution in [0.1, 0.15) is 29.9 Å². The van der Waals surface area contributed by atoms with Crippen LogP contribution in [0.4, 0.5) is 0 Å². The predicted molar refractivity (Wildman–Crippen MR) is 115 cm³/mol. The summed E-state index contributed by atoms with van der Waals surface area (Å²) in [4.78, 5) is 15.4. The van der Waals surface area contributed by atoms with Gasteiger partial charge in [-0.05, 0) is 59.1 Å². The van der Waals surface area contributed by atoms with E-state index < -0.39 is 0 Å². The van der Waals surface area contributed by atoms with Gasteiger partial charge >= 0.3 is 0 Å². The summed E-state index contributed by atoms with van der Waals surface area (Å²) in [6, 6.07) is 12.4. The van der Waals surface area contributed by atoms with Crippen molar-refractivity contribution in [1.29, 1.82) is 0 Å². The van der Waals surface area contributed by atoms with E-state index in [1.807, 2.05) is 18.2 Å². The first kappa shape index (κ1) is 20.3. The van der Waals surface area contributed by atoms with Crippen LogP contribution in [0.5, 0.6) is 0 Å². The minimum atomic E-state index is -0.0834. The molecule has 0 aliphatic carbocycles. The fraction of sp³-hybridized carbons (Fsp3) is 0.381. The molecule has 1 aromatic heterocycles. The number of carbonyl (C=O) groups excluding carboxylic acids is 1. The summed E-state index contributed by atoms with van der Waals surface area (Å²) in [7, 11) is 0. The molecule has 0 bridgehead atoms. The summed E-state index contributed by atoms with van der Waals surface area (Å²) in [5, 5.41) is 2.93. The summed E-state index contributed by atoms with van der Waals surface area (Å²) in [5.74, 6) is -0.0834. The number of nitrogens with one attached hydrogen (secondary N) is 1. The minimum Gasteiger partial charge on any atom is -0.373 e.